The van der Waals surface area contributed by atoms with E-state index < -0.39 is 11.7 Å². The Kier molecular flexibility index (Phi) is 6.02. The number of aryl methyl sites for hydroxylation is 3. The van der Waals surface area contributed by atoms with E-state index in [0.717, 1.165) is 41.0 Å². The van der Waals surface area contributed by atoms with Crippen LogP contribution in [-0.4, -0.2) is 11.7 Å². The maximum atomic E-state index is 12.8. The standard InChI is InChI=1S/C22H21F3OS/c1-15-3-2-4-16(13-15)5-10-20-18(11-12-26)14-21(27-20)17-6-8-19(9-7-17)22(23,24)25/h2-4,6-9,13-14,26H,5,10-12H2,1H3. The van der Waals surface area contributed by atoms with E-state index in [2.05, 4.69) is 25.1 Å². The minimum Gasteiger partial charge on any atom is -0.396 e. The first-order valence-electron chi connectivity index (χ1n) is 8.82. The second-order valence-electron chi connectivity index (χ2n) is 6.60. The van der Waals surface area contributed by atoms with Crippen LogP contribution in [0.15, 0.2) is 54.6 Å². The Morgan fingerprint density at radius 1 is 0.926 bits per heavy atom. The SMILES string of the molecule is Cc1cccc(CCc2sc(-c3ccc(C(F)(F)F)cc3)cc2CCO)c1. The lowest BCUT2D eigenvalue weighted by atomic mass is 10.0. The Balaban J connectivity index is 1.82. The Morgan fingerprint density at radius 3 is 2.30 bits per heavy atom. The Labute approximate surface area is 161 Å². The molecule has 0 aliphatic carbocycles. The molecule has 0 saturated heterocycles. The van der Waals surface area contributed by atoms with Crippen LogP contribution in [0.3, 0.4) is 0 Å². The summed E-state index contributed by atoms with van der Waals surface area (Å²) in [6, 6.07) is 15.6. The summed E-state index contributed by atoms with van der Waals surface area (Å²) in [6.07, 6.45) is -2.02. The van der Waals surface area contributed by atoms with Gasteiger partial charge in [-0.2, -0.15) is 13.2 Å². The number of hydrogen-bond donors (Lipinski definition) is 1. The molecule has 0 bridgehead atoms. The first-order chi connectivity index (χ1) is 12.9. The Morgan fingerprint density at radius 2 is 1.67 bits per heavy atom. The van der Waals surface area contributed by atoms with Crippen LogP contribution in [0.2, 0.25) is 0 Å². The van der Waals surface area contributed by atoms with E-state index in [-0.39, 0.29) is 6.61 Å². The number of hydrogen-bond acceptors (Lipinski definition) is 2. The first kappa shape index (κ1) is 19.6. The monoisotopic (exact) mass is 390 g/mol. The van der Waals surface area contributed by atoms with Crippen LogP contribution in [-0.2, 0) is 25.4 Å². The number of benzene rings is 2. The predicted molar refractivity (Wildman–Crippen MR) is 104 cm³/mol. The van der Waals surface area contributed by atoms with Crippen LogP contribution >= 0.6 is 11.3 Å². The predicted octanol–water partition coefficient (Wildman–Crippen LogP) is 6.06. The third kappa shape index (κ3) is 4.99. The topological polar surface area (TPSA) is 20.2 Å². The Hall–Kier alpha value is -2.11. The van der Waals surface area contributed by atoms with Crippen molar-refractivity contribution in [2.75, 3.05) is 6.61 Å². The summed E-state index contributed by atoms with van der Waals surface area (Å²) in [5.74, 6) is 0. The largest absolute Gasteiger partial charge is 0.416 e. The summed E-state index contributed by atoms with van der Waals surface area (Å²) in [5.41, 5.74) is 3.69. The normalized spacial score (nSPS) is 11.7. The number of aliphatic hydroxyl groups excluding tert-OH is 1. The van der Waals surface area contributed by atoms with Crippen LogP contribution in [0, 0.1) is 6.92 Å². The lowest BCUT2D eigenvalue weighted by Crippen LogP contribution is -2.03. The molecule has 1 nitrogen and oxygen atoms in total. The summed E-state index contributed by atoms with van der Waals surface area (Å²) in [4.78, 5) is 2.12. The van der Waals surface area contributed by atoms with Gasteiger partial charge in [0, 0.05) is 16.4 Å². The molecule has 5 heteroatoms. The van der Waals surface area contributed by atoms with Crippen molar-refractivity contribution >= 4 is 11.3 Å². The molecule has 1 N–H and O–H groups in total. The van der Waals surface area contributed by atoms with Gasteiger partial charge in [0.05, 0.1) is 5.56 Å². The summed E-state index contributed by atoms with van der Waals surface area (Å²) in [7, 11) is 0. The maximum Gasteiger partial charge on any atom is 0.416 e. The fourth-order valence-corrected chi connectivity index (χ4v) is 4.32. The maximum absolute atomic E-state index is 12.8. The molecule has 1 aromatic heterocycles. The van der Waals surface area contributed by atoms with E-state index in [1.807, 2.05) is 12.1 Å². The third-order valence-corrected chi connectivity index (χ3v) is 5.78. The molecule has 0 atom stereocenters. The smallest absolute Gasteiger partial charge is 0.396 e. The molecule has 3 rings (SSSR count). The van der Waals surface area contributed by atoms with Crippen LogP contribution in [0.5, 0.6) is 0 Å². The molecule has 0 aliphatic heterocycles. The van der Waals surface area contributed by atoms with Crippen molar-refractivity contribution in [1.29, 1.82) is 0 Å². The number of thiophene rings is 1. The van der Waals surface area contributed by atoms with Crippen LogP contribution in [0.4, 0.5) is 13.2 Å². The van der Waals surface area contributed by atoms with E-state index in [0.29, 0.717) is 6.42 Å². The highest BCUT2D eigenvalue weighted by Gasteiger charge is 2.30. The van der Waals surface area contributed by atoms with Gasteiger partial charge in [0.15, 0.2) is 0 Å². The first-order valence-corrected chi connectivity index (χ1v) is 9.64. The summed E-state index contributed by atoms with van der Waals surface area (Å²) >= 11 is 1.60. The zero-order chi connectivity index (χ0) is 19.4. The molecule has 0 spiro atoms. The number of halogens is 3. The number of alkyl halides is 3. The van der Waals surface area contributed by atoms with Gasteiger partial charge in [0.1, 0.15) is 0 Å². The van der Waals surface area contributed by atoms with Gasteiger partial charge >= 0.3 is 6.18 Å². The van der Waals surface area contributed by atoms with Gasteiger partial charge in [-0.25, -0.2) is 0 Å². The van der Waals surface area contributed by atoms with Gasteiger partial charge in [0.2, 0.25) is 0 Å². The van der Waals surface area contributed by atoms with E-state index in [4.69, 9.17) is 0 Å². The quantitative estimate of drug-likeness (QED) is 0.542. The molecule has 27 heavy (non-hydrogen) atoms. The molecule has 2 aromatic carbocycles. The van der Waals surface area contributed by atoms with Gasteiger partial charge in [-0.05, 0) is 61.1 Å². The van der Waals surface area contributed by atoms with Gasteiger partial charge in [-0.3, -0.25) is 0 Å². The Bertz CT molecular complexity index is 895. The second-order valence-corrected chi connectivity index (χ2v) is 7.73. The van der Waals surface area contributed by atoms with E-state index in [1.54, 1.807) is 11.3 Å². The fraction of sp³-hybridized carbons (Fsp3) is 0.273. The third-order valence-electron chi connectivity index (χ3n) is 4.50. The van der Waals surface area contributed by atoms with Crippen LogP contribution < -0.4 is 0 Å². The second kappa shape index (κ2) is 8.28. The molecule has 0 amide bonds. The van der Waals surface area contributed by atoms with Crippen molar-refractivity contribution in [3.05, 3.63) is 81.7 Å². The van der Waals surface area contributed by atoms with Gasteiger partial charge in [0.25, 0.3) is 0 Å². The molecule has 142 valence electrons. The van der Waals surface area contributed by atoms with Crippen molar-refractivity contribution in [3.63, 3.8) is 0 Å². The van der Waals surface area contributed by atoms with Crippen molar-refractivity contribution in [1.82, 2.24) is 0 Å². The highest BCUT2D eigenvalue weighted by atomic mass is 32.1. The average Bonchev–Trinajstić information content (AvgIpc) is 3.03. The van der Waals surface area contributed by atoms with Crippen molar-refractivity contribution in [2.24, 2.45) is 0 Å². The van der Waals surface area contributed by atoms with Crippen molar-refractivity contribution in [3.8, 4) is 10.4 Å². The lowest BCUT2D eigenvalue weighted by molar-refractivity contribution is -0.137. The van der Waals surface area contributed by atoms with Crippen molar-refractivity contribution in [2.45, 2.75) is 32.4 Å². The number of rotatable bonds is 6. The lowest BCUT2D eigenvalue weighted by Gasteiger charge is -2.06. The fourth-order valence-electron chi connectivity index (χ4n) is 3.10. The average molecular weight is 390 g/mol. The van der Waals surface area contributed by atoms with E-state index in [1.165, 1.54) is 28.1 Å². The molecule has 0 fully saturated rings. The minimum atomic E-state index is -4.32. The molecular weight excluding hydrogens is 369 g/mol. The zero-order valence-corrected chi connectivity index (χ0v) is 15.8. The van der Waals surface area contributed by atoms with Gasteiger partial charge in [-0.15, -0.1) is 11.3 Å². The molecule has 0 unspecified atom stereocenters. The summed E-state index contributed by atoms with van der Waals surface area (Å²) in [6.45, 7) is 2.12. The molecular formula is C22H21F3OS. The molecule has 0 radical (unpaired) electrons. The van der Waals surface area contributed by atoms with Crippen LogP contribution in [0.1, 0.15) is 27.1 Å². The number of aliphatic hydroxyl groups is 1. The zero-order valence-electron chi connectivity index (χ0n) is 15.0. The molecule has 0 aliphatic rings. The molecule has 0 saturated carbocycles. The van der Waals surface area contributed by atoms with Crippen molar-refractivity contribution < 1.29 is 18.3 Å². The summed E-state index contributed by atoms with van der Waals surface area (Å²) < 4.78 is 38.3. The molecule has 3 aromatic rings. The highest BCUT2D eigenvalue weighted by molar-refractivity contribution is 7.15. The highest BCUT2D eigenvalue weighted by Crippen LogP contribution is 2.35. The van der Waals surface area contributed by atoms with Crippen LogP contribution in [0.25, 0.3) is 10.4 Å². The van der Waals surface area contributed by atoms with Gasteiger partial charge in [-0.1, -0.05) is 42.0 Å². The van der Waals surface area contributed by atoms with E-state index in [9.17, 15) is 18.3 Å². The molecule has 1 heterocycles. The van der Waals surface area contributed by atoms with Gasteiger partial charge < -0.3 is 5.11 Å². The van der Waals surface area contributed by atoms with E-state index >= 15 is 0 Å². The summed E-state index contributed by atoms with van der Waals surface area (Å²) in [5, 5.41) is 9.35. The minimum absolute atomic E-state index is 0.0562.